The summed E-state index contributed by atoms with van der Waals surface area (Å²) in [6.07, 6.45) is 1.85. The number of allylic oxidation sites excluding steroid dienone is 1. The number of fused-ring (bicyclic) bond motifs is 2. The molecular weight excluding hydrogens is 220 g/mol. The van der Waals surface area contributed by atoms with Crippen LogP contribution in [0.1, 0.15) is 28.9 Å². The topological polar surface area (TPSA) is 68.3 Å². The molecule has 1 fully saturated rings. The van der Waals surface area contributed by atoms with Crippen LogP contribution in [0.5, 0.6) is 0 Å². The second-order valence-electron chi connectivity index (χ2n) is 4.27. The van der Waals surface area contributed by atoms with Gasteiger partial charge in [0.25, 0.3) is 0 Å². The predicted molar refractivity (Wildman–Crippen MR) is 59.3 cm³/mol. The van der Waals surface area contributed by atoms with Crippen molar-refractivity contribution in [3.8, 4) is 0 Å². The average molecular weight is 230 g/mol. The Balaban J connectivity index is 2.09. The highest BCUT2D eigenvalue weighted by Gasteiger charge is 2.54. The molecular formula is C12H10N2O3. The Morgan fingerprint density at radius 3 is 2.88 bits per heavy atom. The van der Waals surface area contributed by atoms with Gasteiger partial charge in [0.05, 0.1) is 12.5 Å². The van der Waals surface area contributed by atoms with E-state index in [9.17, 15) is 9.59 Å². The molecule has 2 heterocycles. The van der Waals surface area contributed by atoms with E-state index in [1.165, 1.54) is 7.11 Å². The molecule has 1 aromatic heterocycles. The van der Waals surface area contributed by atoms with E-state index < -0.39 is 5.97 Å². The van der Waals surface area contributed by atoms with E-state index in [4.69, 9.17) is 0 Å². The highest BCUT2D eigenvalue weighted by molar-refractivity contribution is 5.89. The SMILES string of the molecule is COC(=O)c1ccc2c(n1)NC(=C=O)C21CC1. The molecule has 1 aliphatic carbocycles. The highest BCUT2D eigenvalue weighted by Crippen LogP contribution is 2.58. The first kappa shape index (κ1) is 10.1. The Bertz CT molecular complexity index is 569. The van der Waals surface area contributed by atoms with Crippen LogP contribution in [0.15, 0.2) is 17.8 Å². The van der Waals surface area contributed by atoms with Gasteiger partial charge in [-0.25, -0.2) is 14.6 Å². The summed E-state index contributed by atoms with van der Waals surface area (Å²) in [4.78, 5) is 26.4. The Morgan fingerprint density at radius 2 is 2.29 bits per heavy atom. The molecule has 1 N–H and O–H groups in total. The maximum atomic E-state index is 11.3. The summed E-state index contributed by atoms with van der Waals surface area (Å²) >= 11 is 0. The zero-order valence-corrected chi connectivity index (χ0v) is 9.24. The number of carbonyl (C=O) groups is 1. The van der Waals surface area contributed by atoms with Gasteiger partial charge in [-0.15, -0.1) is 0 Å². The number of carbonyl (C=O) groups excluding carboxylic acids is 2. The molecule has 5 nitrogen and oxygen atoms in total. The zero-order chi connectivity index (χ0) is 12.0. The van der Waals surface area contributed by atoms with Gasteiger partial charge in [0, 0.05) is 5.56 Å². The third-order valence-corrected chi connectivity index (χ3v) is 3.38. The number of pyridine rings is 1. The summed E-state index contributed by atoms with van der Waals surface area (Å²) in [5.74, 6) is 2.02. The number of rotatable bonds is 1. The molecule has 0 unspecified atom stereocenters. The fraction of sp³-hybridized carbons (Fsp3) is 0.333. The van der Waals surface area contributed by atoms with E-state index in [0.717, 1.165) is 18.4 Å². The minimum Gasteiger partial charge on any atom is -0.464 e. The predicted octanol–water partition coefficient (Wildman–Crippen LogP) is 1.04. The fourth-order valence-electron chi connectivity index (χ4n) is 2.30. The van der Waals surface area contributed by atoms with Crippen molar-refractivity contribution in [3.63, 3.8) is 0 Å². The summed E-state index contributed by atoms with van der Waals surface area (Å²) < 4.78 is 4.60. The monoisotopic (exact) mass is 230 g/mol. The molecule has 0 atom stereocenters. The van der Waals surface area contributed by atoms with E-state index >= 15 is 0 Å². The Labute approximate surface area is 97.5 Å². The highest BCUT2D eigenvalue weighted by atomic mass is 16.5. The lowest BCUT2D eigenvalue weighted by atomic mass is 9.97. The van der Waals surface area contributed by atoms with E-state index in [1.807, 2.05) is 12.0 Å². The van der Waals surface area contributed by atoms with Crippen molar-refractivity contribution >= 4 is 17.7 Å². The molecule has 1 saturated carbocycles. The van der Waals surface area contributed by atoms with Crippen molar-refractivity contribution in [2.24, 2.45) is 0 Å². The smallest absolute Gasteiger partial charge is 0.356 e. The van der Waals surface area contributed by atoms with Gasteiger partial charge in [-0.3, -0.25) is 0 Å². The van der Waals surface area contributed by atoms with Crippen molar-refractivity contribution in [1.82, 2.24) is 4.98 Å². The molecule has 1 spiro atoms. The van der Waals surface area contributed by atoms with E-state index in [0.29, 0.717) is 11.5 Å². The van der Waals surface area contributed by atoms with Gasteiger partial charge < -0.3 is 10.1 Å². The van der Waals surface area contributed by atoms with Crippen LogP contribution in [0.3, 0.4) is 0 Å². The first-order valence-electron chi connectivity index (χ1n) is 5.34. The second-order valence-corrected chi connectivity index (χ2v) is 4.27. The van der Waals surface area contributed by atoms with E-state index in [-0.39, 0.29) is 11.1 Å². The maximum absolute atomic E-state index is 11.3. The number of aromatic nitrogens is 1. The van der Waals surface area contributed by atoms with Crippen LogP contribution in [-0.4, -0.2) is 24.0 Å². The van der Waals surface area contributed by atoms with Gasteiger partial charge in [-0.2, -0.15) is 0 Å². The quantitative estimate of drug-likeness (QED) is 0.576. The van der Waals surface area contributed by atoms with Crippen molar-refractivity contribution in [3.05, 3.63) is 29.1 Å². The van der Waals surface area contributed by atoms with Gasteiger partial charge in [-0.05, 0) is 18.9 Å². The van der Waals surface area contributed by atoms with Gasteiger partial charge in [0.15, 0.2) is 5.69 Å². The van der Waals surface area contributed by atoms with Crippen LogP contribution in [0.4, 0.5) is 5.82 Å². The molecule has 0 aromatic carbocycles. The first-order valence-corrected chi connectivity index (χ1v) is 5.34. The van der Waals surface area contributed by atoms with E-state index in [2.05, 4.69) is 15.0 Å². The lowest BCUT2D eigenvalue weighted by Crippen LogP contribution is -2.07. The second kappa shape index (κ2) is 3.18. The van der Waals surface area contributed by atoms with Gasteiger partial charge in [0.2, 0.25) is 0 Å². The third kappa shape index (κ3) is 1.23. The molecule has 86 valence electrons. The number of hydrogen-bond acceptors (Lipinski definition) is 5. The van der Waals surface area contributed by atoms with Crippen LogP contribution in [0.2, 0.25) is 0 Å². The third-order valence-electron chi connectivity index (χ3n) is 3.38. The number of nitrogens with zero attached hydrogens (tertiary/aromatic N) is 1. The van der Waals surface area contributed by atoms with Crippen LogP contribution in [0.25, 0.3) is 0 Å². The van der Waals surface area contributed by atoms with Gasteiger partial charge in [-0.1, -0.05) is 6.07 Å². The number of anilines is 1. The van der Waals surface area contributed by atoms with Crippen LogP contribution in [-0.2, 0) is 14.9 Å². The minimum atomic E-state index is -0.483. The summed E-state index contributed by atoms with van der Waals surface area (Å²) in [7, 11) is 1.31. The molecule has 17 heavy (non-hydrogen) atoms. The van der Waals surface area contributed by atoms with Crippen molar-refractivity contribution in [2.45, 2.75) is 18.3 Å². The summed E-state index contributed by atoms with van der Waals surface area (Å²) in [5, 5.41) is 2.93. The van der Waals surface area contributed by atoms with Crippen molar-refractivity contribution < 1.29 is 14.3 Å². The number of ether oxygens (including phenoxy) is 1. The molecule has 2 aliphatic rings. The number of esters is 1. The molecule has 0 bridgehead atoms. The maximum Gasteiger partial charge on any atom is 0.356 e. The standard InChI is InChI=1S/C12H10N2O3/c1-17-11(16)8-3-2-7-10(13-8)14-9(6-15)12(7)4-5-12/h2-3H,4-5H2,1H3,(H,13,14). The molecule has 1 aliphatic heterocycles. The van der Waals surface area contributed by atoms with Crippen LogP contribution in [0, 0.1) is 0 Å². The summed E-state index contributed by atoms with van der Waals surface area (Å²) in [5.41, 5.74) is 1.53. The van der Waals surface area contributed by atoms with E-state index in [1.54, 1.807) is 6.07 Å². The molecule has 0 saturated heterocycles. The lowest BCUT2D eigenvalue weighted by Gasteiger charge is -2.05. The molecule has 5 heteroatoms. The Hall–Kier alpha value is -2.13. The molecule has 0 radical (unpaired) electrons. The summed E-state index contributed by atoms with van der Waals surface area (Å²) in [6, 6.07) is 3.46. The first-order chi connectivity index (χ1) is 8.21. The van der Waals surface area contributed by atoms with Crippen LogP contribution >= 0.6 is 0 Å². The van der Waals surface area contributed by atoms with Crippen molar-refractivity contribution in [1.29, 1.82) is 0 Å². The van der Waals surface area contributed by atoms with Crippen molar-refractivity contribution in [2.75, 3.05) is 12.4 Å². The molecule has 0 amide bonds. The van der Waals surface area contributed by atoms with Gasteiger partial charge >= 0.3 is 5.97 Å². The zero-order valence-electron chi connectivity index (χ0n) is 9.24. The number of nitrogens with one attached hydrogen (secondary N) is 1. The average Bonchev–Trinajstić information content (AvgIpc) is 3.08. The Morgan fingerprint density at radius 1 is 1.53 bits per heavy atom. The van der Waals surface area contributed by atoms with Gasteiger partial charge in [0.1, 0.15) is 17.5 Å². The Kier molecular flexibility index (Phi) is 1.88. The lowest BCUT2D eigenvalue weighted by molar-refractivity contribution is 0.0594. The fourth-order valence-corrected chi connectivity index (χ4v) is 2.30. The number of hydrogen-bond donors (Lipinski definition) is 1. The normalized spacial score (nSPS) is 18.3. The molecule has 3 rings (SSSR count). The van der Waals surface area contributed by atoms with Crippen LogP contribution < -0.4 is 5.32 Å². The largest absolute Gasteiger partial charge is 0.464 e. The number of methoxy groups -OCH3 is 1. The molecule has 1 aromatic rings. The summed E-state index contributed by atoms with van der Waals surface area (Å²) in [6.45, 7) is 0. The minimum absolute atomic E-state index is 0.210.